The zero-order chi connectivity index (χ0) is 11.7. The molecule has 0 aliphatic rings. The minimum atomic E-state index is 0.787. The Balaban J connectivity index is 2.17. The second-order valence-corrected chi connectivity index (χ2v) is 6.24. The molecule has 0 unspecified atom stereocenters. The Morgan fingerprint density at radius 3 is 2.47 bits per heavy atom. The average Bonchev–Trinajstić information content (AvgIpc) is 3.09. The molecular weight excluding hydrogens is 268 g/mol. The largest absolute Gasteiger partial charge is 0.298 e. The van der Waals surface area contributed by atoms with E-state index >= 15 is 0 Å². The molecular formula is C13H8OS3. The molecule has 84 valence electrons. The van der Waals surface area contributed by atoms with Gasteiger partial charge in [-0.1, -0.05) is 6.07 Å². The van der Waals surface area contributed by atoms with Crippen molar-refractivity contribution in [2.45, 2.75) is 0 Å². The van der Waals surface area contributed by atoms with E-state index in [1.54, 1.807) is 34.0 Å². The second-order valence-electron chi connectivity index (χ2n) is 3.46. The molecule has 0 aliphatic carbocycles. The van der Waals surface area contributed by atoms with Crippen LogP contribution in [0.25, 0.3) is 20.2 Å². The number of rotatable bonds is 3. The minimum absolute atomic E-state index is 0.787. The van der Waals surface area contributed by atoms with E-state index in [-0.39, 0.29) is 0 Å². The zero-order valence-electron chi connectivity index (χ0n) is 8.75. The van der Waals surface area contributed by atoms with Crippen molar-refractivity contribution in [1.29, 1.82) is 0 Å². The maximum atomic E-state index is 11.0. The molecule has 0 saturated carbocycles. The first-order chi connectivity index (χ1) is 8.40. The predicted molar refractivity (Wildman–Crippen MR) is 76.3 cm³/mol. The lowest BCUT2D eigenvalue weighted by Gasteiger charge is -2.00. The van der Waals surface area contributed by atoms with Crippen LogP contribution in [0.15, 0.2) is 40.4 Å². The van der Waals surface area contributed by atoms with Crippen LogP contribution in [0.1, 0.15) is 10.4 Å². The molecule has 0 atom stereocenters. The summed E-state index contributed by atoms with van der Waals surface area (Å²) in [6.07, 6.45) is 0.934. The number of thiophene rings is 3. The number of carbonyl (C=O) groups is 1. The molecule has 0 bridgehead atoms. The van der Waals surface area contributed by atoms with Crippen LogP contribution < -0.4 is 0 Å². The highest BCUT2D eigenvalue weighted by Crippen LogP contribution is 2.41. The summed E-state index contributed by atoms with van der Waals surface area (Å²) in [5.74, 6) is 0. The zero-order valence-corrected chi connectivity index (χ0v) is 11.2. The van der Waals surface area contributed by atoms with E-state index in [0.29, 0.717) is 0 Å². The highest BCUT2D eigenvalue weighted by atomic mass is 32.1. The normalized spacial score (nSPS) is 10.6. The smallest absolute Gasteiger partial charge is 0.151 e. The Morgan fingerprint density at radius 2 is 1.71 bits per heavy atom. The van der Waals surface area contributed by atoms with Crippen molar-refractivity contribution in [3.63, 3.8) is 0 Å². The van der Waals surface area contributed by atoms with Gasteiger partial charge in [-0.2, -0.15) is 0 Å². The van der Waals surface area contributed by atoms with E-state index in [1.165, 1.54) is 15.3 Å². The molecule has 0 amide bonds. The Kier molecular flexibility index (Phi) is 2.93. The quantitative estimate of drug-likeness (QED) is 0.614. The van der Waals surface area contributed by atoms with Crippen molar-refractivity contribution in [1.82, 2.24) is 0 Å². The van der Waals surface area contributed by atoms with Gasteiger partial charge in [-0.05, 0) is 34.3 Å². The third kappa shape index (κ3) is 1.88. The lowest BCUT2D eigenvalue weighted by molar-refractivity contribution is 0.112. The minimum Gasteiger partial charge on any atom is -0.298 e. The van der Waals surface area contributed by atoms with Gasteiger partial charge in [-0.25, -0.2) is 0 Å². The van der Waals surface area contributed by atoms with Crippen LogP contribution in [-0.4, -0.2) is 6.29 Å². The van der Waals surface area contributed by atoms with Crippen molar-refractivity contribution in [3.8, 4) is 20.2 Å². The monoisotopic (exact) mass is 276 g/mol. The molecule has 3 aromatic rings. The van der Waals surface area contributed by atoms with Crippen molar-refractivity contribution in [3.05, 3.63) is 46.0 Å². The summed E-state index contributed by atoms with van der Waals surface area (Å²) in [6, 6.07) is 8.17. The molecule has 0 spiro atoms. The van der Waals surface area contributed by atoms with Gasteiger partial charge in [-0.15, -0.1) is 34.0 Å². The fourth-order valence-electron chi connectivity index (χ4n) is 1.71. The maximum Gasteiger partial charge on any atom is 0.151 e. The third-order valence-corrected chi connectivity index (χ3v) is 5.39. The summed E-state index contributed by atoms with van der Waals surface area (Å²) in [5.41, 5.74) is 2.02. The summed E-state index contributed by atoms with van der Waals surface area (Å²) in [4.78, 5) is 14.5. The SMILES string of the molecule is O=Cc1ccsc1-c1sccc1-c1cccs1. The van der Waals surface area contributed by atoms with Crippen LogP contribution in [0.2, 0.25) is 0 Å². The highest BCUT2D eigenvalue weighted by molar-refractivity contribution is 7.21. The Bertz CT molecular complexity index is 631. The molecule has 0 aromatic carbocycles. The Hall–Kier alpha value is -1.23. The molecule has 0 aliphatic heterocycles. The molecule has 3 rings (SSSR count). The van der Waals surface area contributed by atoms with Crippen molar-refractivity contribution in [2.75, 3.05) is 0 Å². The van der Waals surface area contributed by atoms with Crippen molar-refractivity contribution in [2.24, 2.45) is 0 Å². The van der Waals surface area contributed by atoms with Crippen LogP contribution in [0.3, 0.4) is 0 Å². The molecule has 0 radical (unpaired) electrons. The lowest BCUT2D eigenvalue weighted by Crippen LogP contribution is -1.78. The molecule has 1 nitrogen and oxygen atoms in total. The maximum absolute atomic E-state index is 11.0. The third-order valence-electron chi connectivity index (χ3n) is 2.48. The Labute approximate surface area is 111 Å². The molecule has 17 heavy (non-hydrogen) atoms. The van der Waals surface area contributed by atoms with Gasteiger partial charge in [-0.3, -0.25) is 4.79 Å². The van der Waals surface area contributed by atoms with E-state index in [1.807, 2.05) is 11.4 Å². The second kappa shape index (κ2) is 4.56. The standard InChI is InChI=1S/C13H8OS3/c14-8-9-3-6-16-12(9)13-10(4-7-17-13)11-2-1-5-15-11/h1-8H. The number of hydrogen-bond acceptors (Lipinski definition) is 4. The average molecular weight is 276 g/mol. The summed E-state index contributed by atoms with van der Waals surface area (Å²) in [5, 5.41) is 6.13. The predicted octanol–water partition coefficient (Wildman–Crippen LogP) is 5.02. The molecule has 0 N–H and O–H groups in total. The van der Waals surface area contributed by atoms with Crippen molar-refractivity contribution < 1.29 is 4.79 Å². The first kappa shape index (κ1) is 10.9. The Morgan fingerprint density at radius 1 is 0.882 bits per heavy atom. The fraction of sp³-hybridized carbons (Fsp3) is 0. The number of carbonyl (C=O) groups excluding carboxylic acids is 1. The number of aldehydes is 1. The van der Waals surface area contributed by atoms with Gasteiger partial charge in [0, 0.05) is 16.0 Å². The van der Waals surface area contributed by atoms with Gasteiger partial charge in [0.2, 0.25) is 0 Å². The van der Waals surface area contributed by atoms with Crippen LogP contribution in [-0.2, 0) is 0 Å². The van der Waals surface area contributed by atoms with Crippen LogP contribution in [0.5, 0.6) is 0 Å². The van der Waals surface area contributed by atoms with E-state index in [4.69, 9.17) is 0 Å². The van der Waals surface area contributed by atoms with E-state index in [2.05, 4.69) is 29.0 Å². The lowest BCUT2D eigenvalue weighted by atomic mass is 10.1. The topological polar surface area (TPSA) is 17.1 Å². The van der Waals surface area contributed by atoms with E-state index < -0.39 is 0 Å². The molecule has 3 heterocycles. The molecule has 0 fully saturated rings. The summed E-state index contributed by atoms with van der Waals surface area (Å²) in [7, 11) is 0. The van der Waals surface area contributed by atoms with Gasteiger partial charge in [0.05, 0.1) is 9.75 Å². The molecule has 3 aromatic heterocycles. The number of hydrogen-bond donors (Lipinski definition) is 0. The molecule has 4 heteroatoms. The van der Waals surface area contributed by atoms with Gasteiger partial charge >= 0.3 is 0 Å². The van der Waals surface area contributed by atoms with Gasteiger partial charge in [0.25, 0.3) is 0 Å². The first-order valence-corrected chi connectivity index (χ1v) is 7.68. The summed E-state index contributed by atoms with van der Waals surface area (Å²) < 4.78 is 0. The first-order valence-electron chi connectivity index (χ1n) is 5.04. The van der Waals surface area contributed by atoms with Crippen LogP contribution in [0, 0.1) is 0 Å². The van der Waals surface area contributed by atoms with Crippen LogP contribution >= 0.6 is 34.0 Å². The summed E-state index contributed by atoms with van der Waals surface area (Å²) in [6.45, 7) is 0. The molecule has 0 saturated heterocycles. The fourth-order valence-corrected chi connectivity index (χ4v) is 4.51. The van der Waals surface area contributed by atoms with Gasteiger partial charge in [0.15, 0.2) is 6.29 Å². The van der Waals surface area contributed by atoms with E-state index in [0.717, 1.165) is 16.7 Å². The van der Waals surface area contributed by atoms with Crippen molar-refractivity contribution >= 4 is 40.3 Å². The van der Waals surface area contributed by atoms with Crippen LogP contribution in [0.4, 0.5) is 0 Å². The summed E-state index contributed by atoms with van der Waals surface area (Å²) >= 11 is 5.05. The van der Waals surface area contributed by atoms with Gasteiger partial charge in [0.1, 0.15) is 0 Å². The van der Waals surface area contributed by atoms with E-state index in [9.17, 15) is 4.79 Å². The van der Waals surface area contributed by atoms with Gasteiger partial charge < -0.3 is 0 Å². The highest BCUT2D eigenvalue weighted by Gasteiger charge is 2.14.